The number of rotatable bonds is 27. The van der Waals surface area contributed by atoms with Gasteiger partial charge in [0, 0.05) is 7.11 Å². The topological polar surface area (TPSA) is 102 Å². The second-order valence-corrected chi connectivity index (χ2v) is 18.7. The summed E-state index contributed by atoms with van der Waals surface area (Å²) in [5.74, 6) is -1.68. The van der Waals surface area contributed by atoms with Gasteiger partial charge in [0.1, 0.15) is 48.8 Å². The lowest BCUT2D eigenvalue weighted by atomic mass is 9.91. The molecule has 75 heavy (non-hydrogen) atoms. The smallest absolute Gasteiger partial charge is 0.217 e. The van der Waals surface area contributed by atoms with Crippen LogP contribution < -0.4 is 0 Å². The molecule has 2 heterocycles. The number of methoxy groups -OCH3 is 1. The van der Waals surface area contributed by atoms with E-state index in [0.29, 0.717) is 6.61 Å². The maximum atomic E-state index is 7.32. The van der Waals surface area contributed by atoms with Crippen molar-refractivity contribution in [3.05, 3.63) is 264 Å². The summed E-state index contributed by atoms with van der Waals surface area (Å²) >= 11 is 0. The first-order chi connectivity index (χ1) is 37.1. The van der Waals surface area contributed by atoms with Crippen molar-refractivity contribution in [1.82, 2.24) is 0 Å². The van der Waals surface area contributed by atoms with Crippen LogP contribution in [-0.4, -0.2) is 81.2 Å². The minimum absolute atomic E-state index is 0.0916. The summed E-state index contributed by atoms with van der Waals surface area (Å²) in [6.45, 7) is 6.31. The van der Waals surface area contributed by atoms with Crippen LogP contribution in [0.2, 0.25) is 0 Å². The van der Waals surface area contributed by atoms with E-state index in [1.807, 2.05) is 212 Å². The van der Waals surface area contributed by atoms with Crippen molar-refractivity contribution in [1.29, 1.82) is 0 Å². The Balaban J connectivity index is 1.09. The van der Waals surface area contributed by atoms with Crippen molar-refractivity contribution in [3.8, 4) is 0 Å². The molecule has 0 radical (unpaired) electrons. The molecule has 0 aliphatic carbocycles. The molecule has 2 fully saturated rings. The molecule has 0 aromatic heterocycles. The first kappa shape index (κ1) is 53.7. The Hall–Kier alpha value is -6.16. The van der Waals surface area contributed by atoms with Gasteiger partial charge in [0.05, 0.1) is 59.5 Å². The van der Waals surface area contributed by atoms with E-state index in [0.717, 1.165) is 38.9 Å². The molecular weight excluding hydrogens is 945 g/mol. The van der Waals surface area contributed by atoms with E-state index in [9.17, 15) is 0 Å². The molecule has 4 unspecified atom stereocenters. The Bertz CT molecular complexity index is 2670. The third-order valence-electron chi connectivity index (χ3n) is 13.4. The second kappa shape index (κ2) is 28.1. The minimum atomic E-state index is -1.68. The fourth-order valence-electron chi connectivity index (χ4n) is 9.49. The third kappa shape index (κ3) is 15.0. The lowest BCUT2D eigenvalue weighted by molar-refractivity contribution is -0.377. The Morgan fingerprint density at radius 3 is 1.11 bits per heavy atom. The molecular formula is C64H68O11. The van der Waals surface area contributed by atoms with Gasteiger partial charge in [-0.1, -0.05) is 219 Å². The zero-order valence-corrected chi connectivity index (χ0v) is 42.5. The van der Waals surface area contributed by atoms with E-state index in [1.165, 1.54) is 0 Å². The van der Waals surface area contributed by atoms with E-state index in [-0.39, 0.29) is 52.9 Å². The van der Waals surface area contributed by atoms with Gasteiger partial charge in [-0.25, -0.2) is 0 Å². The highest BCUT2D eigenvalue weighted by molar-refractivity contribution is 5.20. The predicted molar refractivity (Wildman–Crippen MR) is 286 cm³/mol. The number of ether oxygens (including phenoxy) is 11. The van der Waals surface area contributed by atoms with E-state index >= 15 is 0 Å². The molecule has 11 nitrogen and oxygen atoms in total. The lowest BCUT2D eigenvalue weighted by Crippen LogP contribution is -2.68. The largest absolute Gasteiger partial charge is 0.374 e. The van der Waals surface area contributed by atoms with Gasteiger partial charge in [-0.3, -0.25) is 0 Å². The summed E-state index contributed by atoms with van der Waals surface area (Å²) in [5.41, 5.74) is 6.87. The van der Waals surface area contributed by atoms with Gasteiger partial charge in [0.25, 0.3) is 0 Å². The van der Waals surface area contributed by atoms with Gasteiger partial charge >= 0.3 is 0 Å². The predicted octanol–water partition coefficient (Wildman–Crippen LogP) is 11.4. The van der Waals surface area contributed by atoms with Crippen molar-refractivity contribution in [2.45, 2.75) is 107 Å². The maximum absolute atomic E-state index is 7.32. The monoisotopic (exact) mass is 1010 g/mol. The minimum Gasteiger partial charge on any atom is -0.374 e. The fraction of sp³-hybridized carbons (Fsp3) is 0.312. The van der Waals surface area contributed by atoms with E-state index in [4.69, 9.17) is 52.1 Å². The van der Waals surface area contributed by atoms with E-state index in [2.05, 4.69) is 6.58 Å². The van der Waals surface area contributed by atoms with Gasteiger partial charge < -0.3 is 52.1 Å². The van der Waals surface area contributed by atoms with Crippen LogP contribution in [0.1, 0.15) is 38.9 Å². The maximum Gasteiger partial charge on any atom is 0.217 e. The zero-order chi connectivity index (χ0) is 51.3. The molecule has 10 atom stereocenters. The molecule has 2 aliphatic heterocycles. The van der Waals surface area contributed by atoms with Crippen LogP contribution in [0.15, 0.2) is 225 Å². The van der Waals surface area contributed by atoms with Crippen LogP contribution in [0, 0.1) is 0 Å². The van der Waals surface area contributed by atoms with Crippen molar-refractivity contribution < 1.29 is 52.1 Å². The first-order valence-corrected chi connectivity index (χ1v) is 25.8. The summed E-state index contributed by atoms with van der Waals surface area (Å²) in [4.78, 5) is 0. The van der Waals surface area contributed by atoms with Crippen LogP contribution in [0.5, 0.6) is 0 Å². The number of hydrogen-bond acceptors (Lipinski definition) is 11. The van der Waals surface area contributed by atoms with Crippen molar-refractivity contribution >= 4 is 0 Å². The van der Waals surface area contributed by atoms with Gasteiger partial charge in [-0.15, -0.1) is 0 Å². The normalized spacial score (nSPS) is 24.6. The molecule has 390 valence electrons. The molecule has 0 amide bonds. The van der Waals surface area contributed by atoms with Crippen LogP contribution in [0.3, 0.4) is 0 Å². The summed E-state index contributed by atoms with van der Waals surface area (Å²) in [6.07, 6.45) is -5.46. The van der Waals surface area contributed by atoms with Crippen LogP contribution >= 0.6 is 0 Å². The Labute approximate surface area is 441 Å². The Morgan fingerprint density at radius 2 is 0.720 bits per heavy atom. The van der Waals surface area contributed by atoms with E-state index < -0.39 is 60.9 Å². The van der Waals surface area contributed by atoms with Gasteiger partial charge in [-0.05, 0) is 45.0 Å². The van der Waals surface area contributed by atoms with Crippen molar-refractivity contribution in [2.75, 3.05) is 20.3 Å². The summed E-state index contributed by atoms with van der Waals surface area (Å²) in [7, 11) is 1.61. The first-order valence-electron chi connectivity index (χ1n) is 25.8. The van der Waals surface area contributed by atoms with Gasteiger partial charge in [0.15, 0.2) is 6.29 Å². The molecule has 0 saturated carbocycles. The molecule has 2 saturated heterocycles. The second-order valence-electron chi connectivity index (χ2n) is 18.7. The molecule has 9 rings (SSSR count). The van der Waals surface area contributed by atoms with E-state index in [1.54, 1.807) is 13.2 Å². The quantitative estimate of drug-likeness (QED) is 0.0460. The summed E-state index contributed by atoms with van der Waals surface area (Å²) in [6, 6.07) is 70.2. The van der Waals surface area contributed by atoms with Crippen LogP contribution in [0.4, 0.5) is 0 Å². The number of benzene rings is 7. The molecule has 0 bridgehead atoms. The highest BCUT2D eigenvalue weighted by atomic mass is 16.8. The number of hydrogen-bond donors (Lipinski definition) is 0. The highest BCUT2D eigenvalue weighted by Crippen LogP contribution is 2.40. The lowest BCUT2D eigenvalue weighted by Gasteiger charge is -2.52. The average Bonchev–Trinajstić information content (AvgIpc) is 3.47. The highest BCUT2D eigenvalue weighted by Gasteiger charge is 2.58. The Morgan fingerprint density at radius 1 is 0.387 bits per heavy atom. The Kier molecular flexibility index (Phi) is 20.1. The standard InChI is InChI=1S/C64H68O11/c1-3-64(73-47-55-57(67-40-49-27-13-5-14-28-49)59(69-42-51-31-17-7-18-32-51)61(63(65-2)74-55)71-44-53-35-21-9-22-36-53)62(72-45-54-37-23-10-24-38-54)60(70-43-52-33-19-8-20-34-52)58(68-41-50-29-15-6-16-30-50)56(75-64)46-66-39-48-25-11-4-12-26-48/h3-38,55-63H,1,39-47H2,2H3/t55?,56?,57-,58+,59-,60+,61?,62?,63-,64+/m1/s1. The molecule has 2 aliphatic rings. The van der Waals surface area contributed by atoms with Crippen molar-refractivity contribution in [3.63, 3.8) is 0 Å². The summed E-state index contributed by atoms with van der Waals surface area (Å²) < 4.78 is 76.1. The average molecular weight is 1010 g/mol. The van der Waals surface area contributed by atoms with Gasteiger partial charge in [0.2, 0.25) is 5.79 Å². The van der Waals surface area contributed by atoms with Gasteiger partial charge in [-0.2, -0.15) is 0 Å². The molecule has 0 N–H and O–H groups in total. The van der Waals surface area contributed by atoms with Crippen LogP contribution in [0.25, 0.3) is 0 Å². The third-order valence-corrected chi connectivity index (χ3v) is 13.4. The fourth-order valence-corrected chi connectivity index (χ4v) is 9.49. The molecule has 11 heteroatoms. The molecule has 7 aromatic carbocycles. The molecule has 7 aromatic rings. The van der Waals surface area contributed by atoms with Crippen molar-refractivity contribution in [2.24, 2.45) is 0 Å². The molecule has 0 spiro atoms. The SMILES string of the molecule is C=C[C@]1(OCC2O[C@@H](OC)C(OCc3ccccc3)[C@H](OCc3ccccc3)[C@@H]2OCc2ccccc2)OC(COCc2ccccc2)[C@H](OCc2ccccc2)[C@H](OCc2ccccc2)C1OCc1ccccc1. The van der Waals surface area contributed by atoms with Crippen LogP contribution in [-0.2, 0) is 98.4 Å². The summed E-state index contributed by atoms with van der Waals surface area (Å²) in [5, 5.41) is 0. The zero-order valence-electron chi connectivity index (χ0n) is 42.5.